The van der Waals surface area contributed by atoms with Crippen LogP contribution in [0.3, 0.4) is 0 Å². The summed E-state index contributed by atoms with van der Waals surface area (Å²) in [7, 11) is 0. The minimum absolute atomic E-state index is 0.165. The first-order chi connectivity index (χ1) is 7.80. The number of nitrogen functional groups attached to an aromatic ring is 1. The van der Waals surface area contributed by atoms with E-state index in [1.165, 1.54) is 6.08 Å². The molecule has 17 heavy (non-hydrogen) atoms. The molecule has 0 atom stereocenters. The summed E-state index contributed by atoms with van der Waals surface area (Å²) in [5.41, 5.74) is 8.50. The van der Waals surface area contributed by atoms with Crippen LogP contribution in [0.25, 0.3) is 6.08 Å². The van der Waals surface area contributed by atoms with Crippen molar-refractivity contribution in [2.24, 2.45) is 5.73 Å². The maximum atomic E-state index is 12.5. The lowest BCUT2D eigenvalue weighted by Crippen LogP contribution is -2.13. The molecular formula is C9H9F3N4O. The van der Waals surface area contributed by atoms with Crippen molar-refractivity contribution in [2.45, 2.75) is 12.6 Å². The second-order valence-electron chi connectivity index (χ2n) is 3.10. The molecule has 0 aliphatic carbocycles. The van der Waals surface area contributed by atoms with Crippen molar-refractivity contribution in [1.82, 2.24) is 9.97 Å². The Labute approximate surface area is 94.3 Å². The molecule has 0 fully saturated rings. The van der Waals surface area contributed by atoms with Crippen LogP contribution < -0.4 is 11.5 Å². The molecule has 0 saturated heterocycles. The summed E-state index contributed by atoms with van der Waals surface area (Å²) < 4.78 is 37.6. The monoisotopic (exact) mass is 246 g/mol. The summed E-state index contributed by atoms with van der Waals surface area (Å²) in [4.78, 5) is 17.0. The first-order valence-electron chi connectivity index (χ1n) is 4.45. The topological polar surface area (TPSA) is 94.9 Å². The molecule has 4 N–H and O–H groups in total. The van der Waals surface area contributed by atoms with Gasteiger partial charge in [-0.1, -0.05) is 12.2 Å². The van der Waals surface area contributed by atoms with Gasteiger partial charge in [0.15, 0.2) is 5.69 Å². The predicted octanol–water partition coefficient (Wildman–Crippen LogP) is 0.966. The number of aromatic nitrogens is 2. The summed E-state index contributed by atoms with van der Waals surface area (Å²) >= 11 is 0. The molecule has 0 saturated carbocycles. The van der Waals surface area contributed by atoms with E-state index in [1.54, 1.807) is 0 Å². The summed E-state index contributed by atoms with van der Waals surface area (Å²) in [6, 6.07) is 0. The van der Waals surface area contributed by atoms with E-state index in [9.17, 15) is 18.0 Å². The quantitative estimate of drug-likeness (QED) is 0.830. The fourth-order valence-electron chi connectivity index (χ4n) is 1.06. The van der Waals surface area contributed by atoms with E-state index in [0.717, 1.165) is 12.3 Å². The van der Waals surface area contributed by atoms with Gasteiger partial charge in [-0.3, -0.25) is 4.79 Å². The molecule has 0 aromatic carbocycles. The van der Waals surface area contributed by atoms with Crippen LogP contribution in [0.15, 0.2) is 12.3 Å². The molecule has 1 rings (SSSR count). The van der Waals surface area contributed by atoms with Crippen LogP contribution >= 0.6 is 0 Å². The lowest BCUT2D eigenvalue weighted by atomic mass is 10.2. The number of primary amides is 1. The second-order valence-corrected chi connectivity index (χ2v) is 3.10. The molecule has 8 heteroatoms. The molecule has 1 aromatic rings. The highest BCUT2D eigenvalue weighted by molar-refractivity contribution is 5.76. The number of rotatable bonds is 3. The number of hydrogen-bond donors (Lipinski definition) is 2. The molecule has 5 nitrogen and oxygen atoms in total. The highest BCUT2D eigenvalue weighted by Gasteiger charge is 2.35. The van der Waals surface area contributed by atoms with Crippen molar-refractivity contribution >= 4 is 17.9 Å². The van der Waals surface area contributed by atoms with Crippen molar-refractivity contribution in [3.63, 3.8) is 0 Å². The molecule has 0 bridgehead atoms. The number of nitrogens with two attached hydrogens (primary N) is 2. The Hall–Kier alpha value is -2.12. The Morgan fingerprint density at radius 1 is 1.47 bits per heavy atom. The largest absolute Gasteiger partial charge is 0.434 e. The molecule has 92 valence electrons. The maximum Gasteiger partial charge on any atom is 0.434 e. The number of halogens is 3. The van der Waals surface area contributed by atoms with Crippen molar-refractivity contribution in [1.29, 1.82) is 0 Å². The van der Waals surface area contributed by atoms with Gasteiger partial charge >= 0.3 is 6.18 Å². The summed E-state index contributed by atoms with van der Waals surface area (Å²) in [6.45, 7) is 0. The van der Waals surface area contributed by atoms with Gasteiger partial charge in [-0.2, -0.15) is 13.2 Å². The zero-order valence-electron chi connectivity index (χ0n) is 8.53. The maximum absolute atomic E-state index is 12.5. The first-order valence-corrected chi connectivity index (χ1v) is 4.45. The number of carbonyl (C=O) groups excluding carboxylic acids is 1. The molecule has 1 aromatic heterocycles. The third-order valence-electron chi connectivity index (χ3n) is 1.72. The molecule has 0 spiro atoms. The van der Waals surface area contributed by atoms with Crippen molar-refractivity contribution in [3.8, 4) is 0 Å². The van der Waals surface area contributed by atoms with Gasteiger partial charge in [-0.05, 0) is 0 Å². The average molecular weight is 246 g/mol. The van der Waals surface area contributed by atoms with Crippen LogP contribution in [-0.2, 0) is 11.0 Å². The SMILES string of the molecule is NC(=O)CC=Cc1cnc(N)nc1C(F)(F)F. The van der Waals surface area contributed by atoms with E-state index in [4.69, 9.17) is 11.5 Å². The van der Waals surface area contributed by atoms with Gasteiger partial charge in [-0.25, -0.2) is 9.97 Å². The first kappa shape index (κ1) is 12.9. The van der Waals surface area contributed by atoms with Crippen LogP contribution in [0.1, 0.15) is 17.7 Å². The Morgan fingerprint density at radius 2 is 2.12 bits per heavy atom. The highest BCUT2D eigenvalue weighted by Crippen LogP contribution is 2.31. The molecule has 1 amide bonds. The van der Waals surface area contributed by atoms with Crippen molar-refractivity contribution in [3.05, 3.63) is 23.5 Å². The zero-order valence-corrected chi connectivity index (χ0v) is 8.53. The summed E-state index contributed by atoms with van der Waals surface area (Å²) in [6.07, 6.45) is -1.59. The number of amides is 1. The number of hydrogen-bond acceptors (Lipinski definition) is 4. The van der Waals surface area contributed by atoms with Crippen LogP contribution in [0.5, 0.6) is 0 Å². The molecule has 0 aliphatic heterocycles. The van der Waals surface area contributed by atoms with Gasteiger partial charge in [0.25, 0.3) is 0 Å². The minimum Gasteiger partial charge on any atom is -0.369 e. The van der Waals surface area contributed by atoms with Gasteiger partial charge in [0.05, 0.1) is 0 Å². The molecular weight excluding hydrogens is 237 g/mol. The number of nitrogens with zero attached hydrogens (tertiary/aromatic N) is 2. The average Bonchev–Trinajstić information content (AvgIpc) is 2.18. The van der Waals surface area contributed by atoms with E-state index in [0.29, 0.717) is 0 Å². The van der Waals surface area contributed by atoms with Gasteiger partial charge in [0, 0.05) is 18.2 Å². The van der Waals surface area contributed by atoms with E-state index >= 15 is 0 Å². The standard InChI is InChI=1S/C9H9F3N4O/c10-9(11,12)7-5(2-1-3-6(13)17)4-15-8(14)16-7/h1-2,4H,3H2,(H2,13,17)(H2,14,15,16). The molecule has 0 radical (unpaired) electrons. The van der Waals surface area contributed by atoms with E-state index in [1.807, 2.05) is 0 Å². The number of carbonyl (C=O) groups is 1. The van der Waals surface area contributed by atoms with E-state index in [-0.39, 0.29) is 12.0 Å². The van der Waals surface area contributed by atoms with E-state index < -0.39 is 23.7 Å². The molecule has 0 aliphatic rings. The Morgan fingerprint density at radius 3 is 2.65 bits per heavy atom. The van der Waals surface area contributed by atoms with Crippen LogP contribution in [-0.4, -0.2) is 15.9 Å². The Balaban J connectivity index is 3.07. The predicted molar refractivity (Wildman–Crippen MR) is 54.3 cm³/mol. The second kappa shape index (κ2) is 4.81. The lowest BCUT2D eigenvalue weighted by Gasteiger charge is -2.08. The summed E-state index contributed by atoms with van der Waals surface area (Å²) in [5, 5.41) is 0. The fraction of sp³-hybridized carbons (Fsp3) is 0.222. The highest BCUT2D eigenvalue weighted by atomic mass is 19.4. The van der Waals surface area contributed by atoms with Gasteiger partial charge in [0.2, 0.25) is 11.9 Å². The third kappa shape index (κ3) is 3.74. The Kier molecular flexibility index (Phi) is 3.66. The van der Waals surface area contributed by atoms with Gasteiger partial charge < -0.3 is 11.5 Å². The van der Waals surface area contributed by atoms with Crippen LogP contribution in [0.4, 0.5) is 19.1 Å². The van der Waals surface area contributed by atoms with Crippen molar-refractivity contribution < 1.29 is 18.0 Å². The minimum atomic E-state index is -4.64. The normalized spacial score (nSPS) is 11.9. The van der Waals surface area contributed by atoms with Crippen LogP contribution in [0, 0.1) is 0 Å². The van der Waals surface area contributed by atoms with Crippen LogP contribution in [0.2, 0.25) is 0 Å². The third-order valence-corrected chi connectivity index (χ3v) is 1.72. The zero-order chi connectivity index (χ0) is 13.1. The van der Waals surface area contributed by atoms with Crippen molar-refractivity contribution in [2.75, 3.05) is 5.73 Å². The van der Waals surface area contributed by atoms with E-state index in [2.05, 4.69) is 9.97 Å². The Bertz CT molecular complexity index is 456. The molecule has 1 heterocycles. The van der Waals surface area contributed by atoms with Gasteiger partial charge in [0.1, 0.15) is 0 Å². The molecule has 0 unspecified atom stereocenters. The number of alkyl halides is 3. The smallest absolute Gasteiger partial charge is 0.369 e. The number of anilines is 1. The lowest BCUT2D eigenvalue weighted by molar-refractivity contribution is -0.141. The van der Waals surface area contributed by atoms with Gasteiger partial charge in [-0.15, -0.1) is 0 Å². The summed E-state index contributed by atoms with van der Waals surface area (Å²) in [5.74, 6) is -1.12. The fourth-order valence-corrected chi connectivity index (χ4v) is 1.06.